The van der Waals surface area contributed by atoms with Crippen LogP contribution in [0.5, 0.6) is 5.75 Å². The molecule has 0 fully saturated rings. The zero-order valence-electron chi connectivity index (χ0n) is 22.2. The maximum Gasteiger partial charge on any atom is 0.255 e. The van der Waals surface area contributed by atoms with Crippen molar-refractivity contribution in [1.29, 1.82) is 0 Å². The van der Waals surface area contributed by atoms with E-state index in [4.69, 9.17) is 4.74 Å². The number of hydrogen-bond donors (Lipinski definition) is 4. The number of carbonyl (C=O) groups is 4. The summed E-state index contributed by atoms with van der Waals surface area (Å²) in [7, 11) is 0. The van der Waals surface area contributed by atoms with E-state index in [-0.39, 0.29) is 30.4 Å². The molecule has 3 rings (SSSR count). The number of para-hydroxylation sites is 1. The molecule has 0 aliphatic carbocycles. The highest BCUT2D eigenvalue weighted by Gasteiger charge is 2.28. The smallest absolute Gasteiger partial charge is 0.255 e. The fraction of sp³-hybridized carbons (Fsp3) is 0.519. The molecular weight excluding hydrogens is 506 g/mol. The fourth-order valence-electron chi connectivity index (χ4n) is 4.05. The summed E-state index contributed by atoms with van der Waals surface area (Å²) >= 11 is 1.57. The van der Waals surface area contributed by atoms with E-state index in [9.17, 15) is 19.2 Å². The molecule has 4 amide bonds. The second-order valence-electron chi connectivity index (χ2n) is 9.75. The van der Waals surface area contributed by atoms with Crippen LogP contribution in [0.25, 0.3) is 0 Å². The van der Waals surface area contributed by atoms with E-state index in [1.54, 1.807) is 35.6 Å². The minimum absolute atomic E-state index is 0.159. The van der Waals surface area contributed by atoms with Crippen LogP contribution in [0.2, 0.25) is 0 Å². The molecule has 206 valence electrons. The fourth-order valence-corrected chi connectivity index (χ4v) is 4.87. The third-order valence-corrected chi connectivity index (χ3v) is 6.94. The summed E-state index contributed by atoms with van der Waals surface area (Å²) in [5, 5.41) is 14.1. The van der Waals surface area contributed by atoms with Crippen LogP contribution in [-0.4, -0.2) is 60.4 Å². The van der Waals surface area contributed by atoms with Crippen LogP contribution in [0.3, 0.4) is 0 Å². The minimum atomic E-state index is -1.13. The number of benzene rings is 1. The summed E-state index contributed by atoms with van der Waals surface area (Å²) in [6.45, 7) is 6.87. The van der Waals surface area contributed by atoms with Crippen molar-refractivity contribution in [2.45, 2.75) is 65.0 Å². The van der Waals surface area contributed by atoms with Crippen molar-refractivity contribution < 1.29 is 23.9 Å². The Balaban J connectivity index is 1.74. The average molecular weight is 544 g/mol. The second-order valence-corrected chi connectivity index (χ2v) is 10.7. The number of fused-ring (bicyclic) bond motifs is 1. The van der Waals surface area contributed by atoms with Gasteiger partial charge in [-0.1, -0.05) is 26.0 Å². The number of ether oxygens (including phenoxy) is 1. The maximum absolute atomic E-state index is 13.2. The summed E-state index contributed by atoms with van der Waals surface area (Å²) in [6.07, 6.45) is 2.04. The van der Waals surface area contributed by atoms with Crippen LogP contribution < -0.4 is 26.0 Å². The van der Waals surface area contributed by atoms with Gasteiger partial charge in [0.2, 0.25) is 17.7 Å². The number of hydrogen-bond acceptors (Lipinski definition) is 7. The third-order valence-electron chi connectivity index (χ3n) is 5.91. The Hall–Kier alpha value is -3.47. The Bertz CT molecular complexity index is 1120. The van der Waals surface area contributed by atoms with Crippen LogP contribution in [0.4, 0.5) is 0 Å². The van der Waals surface area contributed by atoms with Crippen molar-refractivity contribution in [2.75, 3.05) is 19.7 Å². The zero-order valence-corrected chi connectivity index (χ0v) is 23.0. The highest BCUT2D eigenvalue weighted by molar-refractivity contribution is 7.09. The lowest BCUT2D eigenvalue weighted by Gasteiger charge is -2.22. The molecule has 2 heterocycles. The van der Waals surface area contributed by atoms with Gasteiger partial charge >= 0.3 is 0 Å². The summed E-state index contributed by atoms with van der Waals surface area (Å²) in [5.74, 6) is -1.25. The summed E-state index contributed by atoms with van der Waals surface area (Å²) in [5.41, 5.74) is 1.23. The van der Waals surface area contributed by atoms with Crippen molar-refractivity contribution in [3.63, 3.8) is 0 Å². The first-order valence-corrected chi connectivity index (χ1v) is 13.9. The van der Waals surface area contributed by atoms with Crippen molar-refractivity contribution in [1.82, 2.24) is 26.3 Å². The van der Waals surface area contributed by atoms with Crippen molar-refractivity contribution in [3.05, 3.63) is 45.9 Å². The van der Waals surface area contributed by atoms with Gasteiger partial charge < -0.3 is 26.0 Å². The van der Waals surface area contributed by atoms with Crippen LogP contribution in [-0.2, 0) is 20.8 Å². The number of amides is 4. The normalized spacial score (nSPS) is 19.2. The van der Waals surface area contributed by atoms with E-state index >= 15 is 0 Å². The lowest BCUT2D eigenvalue weighted by Crippen LogP contribution is -2.52. The molecule has 2 aromatic rings. The number of aromatic nitrogens is 1. The number of nitrogens with zero attached hydrogens (tertiary/aromatic N) is 1. The molecule has 4 N–H and O–H groups in total. The van der Waals surface area contributed by atoms with E-state index in [0.29, 0.717) is 44.5 Å². The molecule has 0 saturated heterocycles. The first-order valence-electron chi connectivity index (χ1n) is 13.0. The molecule has 10 nitrogen and oxygen atoms in total. The quantitative estimate of drug-likeness (QED) is 0.395. The van der Waals surface area contributed by atoms with Gasteiger partial charge in [0.25, 0.3) is 5.91 Å². The van der Waals surface area contributed by atoms with Crippen LogP contribution >= 0.6 is 11.3 Å². The van der Waals surface area contributed by atoms with Gasteiger partial charge in [0.05, 0.1) is 23.6 Å². The van der Waals surface area contributed by atoms with Gasteiger partial charge in [-0.2, -0.15) is 0 Å². The molecule has 11 heteroatoms. The molecule has 1 aliphatic rings. The second kappa shape index (κ2) is 14.5. The van der Waals surface area contributed by atoms with Crippen LogP contribution in [0.1, 0.15) is 60.6 Å². The van der Waals surface area contributed by atoms with E-state index < -0.39 is 29.8 Å². The average Bonchev–Trinajstić information content (AvgIpc) is 3.29. The van der Waals surface area contributed by atoms with E-state index in [2.05, 4.69) is 26.3 Å². The van der Waals surface area contributed by atoms with Crippen molar-refractivity contribution >= 4 is 35.0 Å². The standard InChI is InChI=1S/C27H37N5O5S/c1-17(2)14-20-26(35)29-12-7-13-37-22-9-5-4-8-19(22)25(34)32-21(15-23(33)31-20)27(36)28-11-6-10-24-30-18(3)16-38-24/h4-5,8-9,16-17,20-21H,6-7,10-15H2,1-3H3,(H,28,36)(H,29,35)(H,31,33)(H,32,34)/t20-,21-/m0/s1. The van der Waals surface area contributed by atoms with Gasteiger partial charge in [-0.15, -0.1) is 11.3 Å². The van der Waals surface area contributed by atoms with Gasteiger partial charge in [0, 0.05) is 30.6 Å². The van der Waals surface area contributed by atoms with E-state index in [1.807, 2.05) is 26.2 Å². The Morgan fingerprint density at radius 1 is 1.21 bits per heavy atom. The molecular formula is C27H37N5O5S. The molecule has 1 aromatic heterocycles. The van der Waals surface area contributed by atoms with Gasteiger partial charge in [-0.05, 0) is 44.2 Å². The van der Waals surface area contributed by atoms with Gasteiger partial charge in [0.1, 0.15) is 17.8 Å². The number of carbonyl (C=O) groups excluding carboxylic acids is 4. The molecule has 0 bridgehead atoms. The topological polar surface area (TPSA) is 139 Å². The molecule has 0 unspecified atom stereocenters. The Morgan fingerprint density at radius 3 is 2.74 bits per heavy atom. The first kappa shape index (κ1) is 29.1. The third kappa shape index (κ3) is 9.13. The highest BCUT2D eigenvalue weighted by atomic mass is 32.1. The van der Waals surface area contributed by atoms with Crippen LogP contribution in [0.15, 0.2) is 29.6 Å². The number of thiazole rings is 1. The van der Waals surface area contributed by atoms with Gasteiger partial charge in [0.15, 0.2) is 0 Å². The molecule has 38 heavy (non-hydrogen) atoms. The highest BCUT2D eigenvalue weighted by Crippen LogP contribution is 2.19. The lowest BCUT2D eigenvalue weighted by atomic mass is 10.0. The Morgan fingerprint density at radius 2 is 2.00 bits per heavy atom. The Labute approximate surface area is 227 Å². The number of rotatable bonds is 7. The Kier molecular flexibility index (Phi) is 11.1. The summed E-state index contributed by atoms with van der Waals surface area (Å²) < 4.78 is 5.80. The van der Waals surface area contributed by atoms with Gasteiger partial charge in [-0.3, -0.25) is 19.2 Å². The predicted molar refractivity (Wildman–Crippen MR) is 145 cm³/mol. The van der Waals surface area contributed by atoms with Crippen molar-refractivity contribution in [2.24, 2.45) is 5.92 Å². The van der Waals surface area contributed by atoms with Gasteiger partial charge in [-0.25, -0.2) is 4.98 Å². The monoisotopic (exact) mass is 543 g/mol. The molecule has 0 spiro atoms. The molecule has 1 aromatic carbocycles. The van der Waals surface area contributed by atoms with E-state index in [1.165, 1.54) is 0 Å². The zero-order chi connectivity index (χ0) is 27.5. The van der Waals surface area contributed by atoms with Crippen LogP contribution in [0, 0.1) is 12.8 Å². The van der Waals surface area contributed by atoms with Crippen molar-refractivity contribution in [3.8, 4) is 5.75 Å². The number of aryl methyl sites for hydroxylation is 2. The largest absolute Gasteiger partial charge is 0.493 e. The lowest BCUT2D eigenvalue weighted by molar-refractivity contribution is -0.131. The van der Waals surface area contributed by atoms with E-state index in [0.717, 1.165) is 10.7 Å². The predicted octanol–water partition coefficient (Wildman–Crippen LogP) is 2.12. The number of nitrogens with one attached hydrogen (secondary N) is 4. The SMILES string of the molecule is Cc1csc(CCCNC(=O)[C@@H]2CC(=O)N[C@@H](CC(C)C)C(=O)NCCCOc3ccccc3C(=O)N2)n1. The first-order chi connectivity index (χ1) is 18.2. The summed E-state index contributed by atoms with van der Waals surface area (Å²) in [4.78, 5) is 56.5. The molecule has 0 saturated carbocycles. The minimum Gasteiger partial charge on any atom is -0.493 e. The summed E-state index contributed by atoms with van der Waals surface area (Å²) in [6, 6.07) is 4.85. The molecule has 0 radical (unpaired) electrons. The maximum atomic E-state index is 13.2. The molecule has 2 atom stereocenters. The molecule has 1 aliphatic heterocycles.